The van der Waals surface area contributed by atoms with Gasteiger partial charge < -0.3 is 10.6 Å². The van der Waals surface area contributed by atoms with E-state index in [0.717, 1.165) is 4.88 Å². The van der Waals surface area contributed by atoms with Crippen LogP contribution in [0.2, 0.25) is 5.02 Å². The molecule has 3 heterocycles. The van der Waals surface area contributed by atoms with E-state index in [9.17, 15) is 4.79 Å². The minimum Gasteiger partial charge on any atom is -0.326 e. The first kappa shape index (κ1) is 15.8. The molecule has 1 aliphatic heterocycles. The number of thiophene rings is 1. The van der Waals surface area contributed by atoms with E-state index in [1.54, 1.807) is 40.3 Å². The summed E-state index contributed by atoms with van der Waals surface area (Å²) >= 11 is 7.45. The largest absolute Gasteiger partial charge is 0.326 e. The maximum atomic E-state index is 13.0. The van der Waals surface area contributed by atoms with Gasteiger partial charge in [0.1, 0.15) is 6.04 Å². The number of aromatic nitrogens is 4. The van der Waals surface area contributed by atoms with Gasteiger partial charge >= 0.3 is 0 Å². The quantitative estimate of drug-likeness (QED) is 0.736. The summed E-state index contributed by atoms with van der Waals surface area (Å²) in [7, 11) is 0. The Balaban J connectivity index is 1.72. The predicted octanol–water partition coefficient (Wildman–Crippen LogP) is 3.32. The van der Waals surface area contributed by atoms with Crippen LogP contribution in [-0.2, 0) is 4.79 Å². The molecule has 126 valence electrons. The van der Waals surface area contributed by atoms with Crippen LogP contribution in [0.3, 0.4) is 0 Å². The Morgan fingerprint density at radius 2 is 2.12 bits per heavy atom. The summed E-state index contributed by atoms with van der Waals surface area (Å²) in [6, 6.07) is 10.5. The Labute approximate surface area is 152 Å². The van der Waals surface area contributed by atoms with Gasteiger partial charge in [0.15, 0.2) is 0 Å². The van der Waals surface area contributed by atoms with Crippen molar-refractivity contribution < 1.29 is 4.79 Å². The molecule has 3 aromatic rings. The number of hydrogen-bond acceptors (Lipinski definition) is 6. The standard InChI is InChI=1S/C16H13ClN6OS/c1-9-13(15(24)19-11-6-4-10(17)5-7-11)14(12-3-2-8-25-12)23-16(18-9)20-21-22-23/h2-8,14H,1H3,(H,19,24)(H,18,20,22)/t14-/m1/s1. The van der Waals surface area contributed by atoms with Crippen molar-refractivity contribution in [1.82, 2.24) is 20.2 Å². The molecule has 0 saturated carbocycles. The lowest BCUT2D eigenvalue weighted by Crippen LogP contribution is -2.31. The molecule has 0 fully saturated rings. The molecule has 25 heavy (non-hydrogen) atoms. The number of amides is 1. The number of nitrogens with zero attached hydrogens (tertiary/aromatic N) is 4. The molecule has 4 rings (SSSR count). The molecule has 0 radical (unpaired) electrons. The molecule has 2 aromatic heterocycles. The highest BCUT2D eigenvalue weighted by Crippen LogP contribution is 2.36. The summed E-state index contributed by atoms with van der Waals surface area (Å²) in [5, 5.41) is 20.3. The van der Waals surface area contributed by atoms with Crippen LogP contribution in [0.4, 0.5) is 11.6 Å². The van der Waals surface area contributed by atoms with Crippen molar-refractivity contribution in [3.8, 4) is 0 Å². The number of tetrazole rings is 1. The van der Waals surface area contributed by atoms with Gasteiger partial charge in [-0.3, -0.25) is 4.79 Å². The minimum absolute atomic E-state index is 0.216. The molecule has 0 saturated heterocycles. The summed E-state index contributed by atoms with van der Waals surface area (Å²) in [5.41, 5.74) is 1.95. The van der Waals surface area contributed by atoms with Crippen LogP contribution in [0.25, 0.3) is 0 Å². The number of benzene rings is 1. The highest BCUT2D eigenvalue weighted by atomic mass is 35.5. The molecule has 0 spiro atoms. The van der Waals surface area contributed by atoms with Gasteiger partial charge in [-0.05, 0) is 53.1 Å². The molecule has 1 aliphatic rings. The predicted molar refractivity (Wildman–Crippen MR) is 96.7 cm³/mol. The second-order valence-corrected chi connectivity index (χ2v) is 6.91. The Kier molecular flexibility index (Phi) is 3.98. The molecule has 7 nitrogen and oxygen atoms in total. The molecule has 1 atom stereocenters. The van der Waals surface area contributed by atoms with E-state index in [0.29, 0.717) is 27.9 Å². The van der Waals surface area contributed by atoms with Gasteiger partial charge in [-0.1, -0.05) is 22.8 Å². The van der Waals surface area contributed by atoms with Crippen LogP contribution in [0, 0.1) is 0 Å². The van der Waals surface area contributed by atoms with Gasteiger partial charge in [-0.15, -0.1) is 11.3 Å². The van der Waals surface area contributed by atoms with Gasteiger partial charge in [0.05, 0.1) is 5.57 Å². The molecule has 0 unspecified atom stereocenters. The third kappa shape index (κ3) is 2.90. The molecule has 2 N–H and O–H groups in total. The van der Waals surface area contributed by atoms with E-state index in [4.69, 9.17) is 11.6 Å². The SMILES string of the molecule is CC1=C(C(=O)Nc2ccc(Cl)cc2)[C@@H](c2cccs2)n2nnnc2N1. The van der Waals surface area contributed by atoms with Gasteiger partial charge in [0, 0.05) is 21.3 Å². The molecule has 1 aromatic carbocycles. The monoisotopic (exact) mass is 372 g/mol. The molecule has 9 heteroatoms. The first-order valence-electron chi connectivity index (χ1n) is 7.49. The number of nitrogens with one attached hydrogen (secondary N) is 2. The van der Waals surface area contributed by atoms with E-state index in [1.165, 1.54) is 0 Å². The smallest absolute Gasteiger partial charge is 0.255 e. The van der Waals surface area contributed by atoms with Gasteiger partial charge in [-0.25, -0.2) is 0 Å². The lowest BCUT2D eigenvalue weighted by molar-refractivity contribution is -0.113. The number of rotatable bonds is 3. The zero-order valence-electron chi connectivity index (χ0n) is 13.1. The van der Waals surface area contributed by atoms with Crippen molar-refractivity contribution in [2.45, 2.75) is 13.0 Å². The fourth-order valence-corrected chi connectivity index (χ4v) is 3.69. The maximum Gasteiger partial charge on any atom is 0.255 e. The summed E-state index contributed by atoms with van der Waals surface area (Å²) in [4.78, 5) is 14.0. The van der Waals surface area contributed by atoms with Gasteiger partial charge in [0.2, 0.25) is 5.95 Å². The fourth-order valence-electron chi connectivity index (χ4n) is 2.75. The van der Waals surface area contributed by atoms with Gasteiger partial charge in [0.25, 0.3) is 5.91 Å². The number of fused-ring (bicyclic) bond motifs is 1. The minimum atomic E-state index is -0.376. The lowest BCUT2D eigenvalue weighted by atomic mass is 10.0. The van der Waals surface area contributed by atoms with E-state index in [-0.39, 0.29) is 11.9 Å². The third-order valence-electron chi connectivity index (χ3n) is 3.87. The van der Waals surface area contributed by atoms with Crippen molar-refractivity contribution in [3.05, 3.63) is 62.9 Å². The van der Waals surface area contributed by atoms with Crippen molar-refractivity contribution in [1.29, 1.82) is 0 Å². The maximum absolute atomic E-state index is 13.0. The number of anilines is 2. The molecule has 0 bridgehead atoms. The second-order valence-electron chi connectivity index (χ2n) is 5.49. The lowest BCUT2D eigenvalue weighted by Gasteiger charge is -2.26. The number of hydrogen-bond donors (Lipinski definition) is 2. The third-order valence-corrected chi connectivity index (χ3v) is 5.05. The van der Waals surface area contributed by atoms with Gasteiger partial charge in [-0.2, -0.15) is 4.68 Å². The zero-order valence-corrected chi connectivity index (χ0v) is 14.7. The number of allylic oxidation sites excluding steroid dienone is 1. The van der Waals surface area contributed by atoms with Crippen LogP contribution >= 0.6 is 22.9 Å². The number of carbonyl (C=O) groups is 1. The van der Waals surface area contributed by atoms with Crippen LogP contribution in [0.15, 0.2) is 53.0 Å². The zero-order chi connectivity index (χ0) is 17.4. The van der Waals surface area contributed by atoms with Crippen LogP contribution < -0.4 is 10.6 Å². The molecular weight excluding hydrogens is 360 g/mol. The average molecular weight is 373 g/mol. The van der Waals surface area contributed by atoms with Crippen LogP contribution in [0.1, 0.15) is 17.8 Å². The Morgan fingerprint density at radius 3 is 2.84 bits per heavy atom. The molecular formula is C16H13ClN6OS. The molecule has 0 aliphatic carbocycles. The van der Waals surface area contributed by atoms with E-state index in [1.807, 2.05) is 24.4 Å². The van der Waals surface area contributed by atoms with Crippen molar-refractivity contribution in [2.75, 3.05) is 10.6 Å². The summed E-state index contributed by atoms with van der Waals surface area (Å²) in [5.74, 6) is 0.297. The Bertz CT molecular complexity index is 947. The molecule has 1 amide bonds. The first-order chi connectivity index (χ1) is 12.1. The highest BCUT2D eigenvalue weighted by molar-refractivity contribution is 7.10. The van der Waals surface area contributed by atoms with Crippen molar-refractivity contribution in [2.24, 2.45) is 0 Å². The normalized spacial score (nSPS) is 16.3. The van der Waals surface area contributed by atoms with Crippen molar-refractivity contribution in [3.63, 3.8) is 0 Å². The fraction of sp³-hybridized carbons (Fsp3) is 0.125. The number of carbonyl (C=O) groups excluding carboxylic acids is 1. The van der Waals surface area contributed by atoms with E-state index < -0.39 is 0 Å². The Morgan fingerprint density at radius 1 is 1.32 bits per heavy atom. The van der Waals surface area contributed by atoms with Crippen molar-refractivity contribution >= 4 is 40.5 Å². The number of halogens is 1. The summed E-state index contributed by atoms with van der Waals surface area (Å²) < 4.78 is 1.62. The average Bonchev–Trinajstić information content (AvgIpc) is 3.26. The van der Waals surface area contributed by atoms with E-state index >= 15 is 0 Å². The topological polar surface area (TPSA) is 84.7 Å². The Hall–Kier alpha value is -2.71. The van der Waals surface area contributed by atoms with Crippen LogP contribution in [-0.4, -0.2) is 26.1 Å². The van der Waals surface area contributed by atoms with E-state index in [2.05, 4.69) is 26.2 Å². The highest BCUT2D eigenvalue weighted by Gasteiger charge is 2.34. The van der Waals surface area contributed by atoms with Crippen LogP contribution in [0.5, 0.6) is 0 Å². The summed E-state index contributed by atoms with van der Waals surface area (Å²) in [6.07, 6.45) is 0. The summed E-state index contributed by atoms with van der Waals surface area (Å²) in [6.45, 7) is 1.84. The first-order valence-corrected chi connectivity index (χ1v) is 8.75. The second kappa shape index (κ2) is 6.30.